The Balaban J connectivity index is 1.77. The Hall–Kier alpha value is -1.91. The van der Waals surface area contributed by atoms with E-state index in [0.717, 1.165) is 11.0 Å². The number of para-hydroxylation sites is 1. The van der Waals surface area contributed by atoms with Crippen LogP contribution in [0.25, 0.3) is 11.0 Å². The average molecular weight is 299 g/mol. The molecule has 0 aliphatic heterocycles. The maximum absolute atomic E-state index is 12.5. The van der Waals surface area contributed by atoms with E-state index in [-0.39, 0.29) is 11.8 Å². The van der Waals surface area contributed by atoms with Gasteiger partial charge in [0.05, 0.1) is 12.1 Å². The van der Waals surface area contributed by atoms with Crippen molar-refractivity contribution in [2.45, 2.75) is 13.0 Å². The SMILES string of the molecule is CC(c1cccs1)N(C)CC(=O)c1coc2ccccc12. The van der Waals surface area contributed by atoms with E-state index < -0.39 is 0 Å². The number of thiophene rings is 1. The number of likely N-dealkylation sites (N-methyl/N-ethyl adjacent to an activating group) is 1. The number of hydrogen-bond donors (Lipinski definition) is 0. The highest BCUT2D eigenvalue weighted by molar-refractivity contribution is 7.10. The molecule has 2 heterocycles. The van der Waals surface area contributed by atoms with Crippen LogP contribution in [-0.4, -0.2) is 24.3 Å². The predicted octanol–water partition coefficient (Wildman–Crippen LogP) is 4.37. The second-order valence-electron chi connectivity index (χ2n) is 5.18. The monoisotopic (exact) mass is 299 g/mol. The first-order valence-corrected chi connectivity index (χ1v) is 7.78. The maximum Gasteiger partial charge on any atom is 0.180 e. The molecule has 0 saturated carbocycles. The third-order valence-corrected chi connectivity index (χ3v) is 4.83. The molecule has 108 valence electrons. The minimum absolute atomic E-state index is 0.0888. The number of hydrogen-bond acceptors (Lipinski definition) is 4. The Morgan fingerprint density at radius 2 is 2.10 bits per heavy atom. The highest BCUT2D eigenvalue weighted by Gasteiger charge is 2.19. The van der Waals surface area contributed by atoms with Crippen LogP contribution in [0.15, 0.2) is 52.5 Å². The number of rotatable bonds is 5. The van der Waals surface area contributed by atoms with Gasteiger partial charge in [-0.05, 0) is 31.5 Å². The molecular formula is C17H17NO2S. The third kappa shape index (κ3) is 2.77. The molecule has 1 atom stereocenters. The molecule has 2 aromatic heterocycles. The number of benzene rings is 1. The van der Waals surface area contributed by atoms with Crippen molar-refractivity contribution >= 4 is 28.1 Å². The van der Waals surface area contributed by atoms with Crippen LogP contribution in [0.3, 0.4) is 0 Å². The molecule has 0 bridgehead atoms. The number of Topliss-reactive ketones (excluding diaryl/α,β-unsaturated/α-hetero) is 1. The van der Waals surface area contributed by atoms with Gasteiger partial charge < -0.3 is 4.42 Å². The molecule has 0 fully saturated rings. The zero-order chi connectivity index (χ0) is 14.8. The normalized spacial score (nSPS) is 12.9. The Morgan fingerprint density at radius 3 is 2.86 bits per heavy atom. The molecule has 21 heavy (non-hydrogen) atoms. The van der Waals surface area contributed by atoms with Crippen molar-refractivity contribution < 1.29 is 9.21 Å². The van der Waals surface area contributed by atoms with Gasteiger partial charge in [0, 0.05) is 16.3 Å². The van der Waals surface area contributed by atoms with Crippen LogP contribution in [0.1, 0.15) is 28.2 Å². The maximum atomic E-state index is 12.5. The van der Waals surface area contributed by atoms with Crippen molar-refractivity contribution in [2.24, 2.45) is 0 Å². The zero-order valence-corrected chi connectivity index (χ0v) is 12.9. The van der Waals surface area contributed by atoms with E-state index in [2.05, 4.69) is 23.3 Å². The summed E-state index contributed by atoms with van der Waals surface area (Å²) in [5.41, 5.74) is 1.42. The smallest absolute Gasteiger partial charge is 0.180 e. The summed E-state index contributed by atoms with van der Waals surface area (Å²) >= 11 is 1.71. The molecule has 0 amide bonds. The lowest BCUT2D eigenvalue weighted by Crippen LogP contribution is -2.28. The van der Waals surface area contributed by atoms with Crippen molar-refractivity contribution in [3.8, 4) is 0 Å². The Bertz CT molecular complexity index is 745. The minimum Gasteiger partial charge on any atom is -0.464 e. The van der Waals surface area contributed by atoms with Gasteiger partial charge in [-0.2, -0.15) is 0 Å². The molecule has 0 aliphatic rings. The van der Waals surface area contributed by atoms with E-state index in [1.54, 1.807) is 17.6 Å². The van der Waals surface area contributed by atoms with Gasteiger partial charge in [-0.25, -0.2) is 0 Å². The van der Waals surface area contributed by atoms with Crippen molar-refractivity contribution in [3.05, 3.63) is 58.5 Å². The van der Waals surface area contributed by atoms with Crippen molar-refractivity contribution in [1.82, 2.24) is 4.90 Å². The summed E-state index contributed by atoms with van der Waals surface area (Å²) in [6, 6.07) is 12.0. The molecule has 1 aromatic carbocycles. The first-order valence-electron chi connectivity index (χ1n) is 6.90. The zero-order valence-electron chi connectivity index (χ0n) is 12.1. The van der Waals surface area contributed by atoms with Gasteiger partial charge in [0.1, 0.15) is 11.8 Å². The Labute approximate surface area is 127 Å². The molecule has 0 N–H and O–H groups in total. The van der Waals surface area contributed by atoms with Crippen molar-refractivity contribution in [2.75, 3.05) is 13.6 Å². The molecule has 0 aliphatic carbocycles. The largest absolute Gasteiger partial charge is 0.464 e. The molecule has 1 unspecified atom stereocenters. The molecule has 0 radical (unpaired) electrons. The number of nitrogens with zero attached hydrogens (tertiary/aromatic N) is 1. The van der Waals surface area contributed by atoms with Crippen LogP contribution in [0.4, 0.5) is 0 Å². The van der Waals surface area contributed by atoms with Gasteiger partial charge >= 0.3 is 0 Å². The fraction of sp³-hybridized carbons (Fsp3) is 0.235. The highest BCUT2D eigenvalue weighted by atomic mass is 32.1. The van der Waals surface area contributed by atoms with Gasteiger partial charge in [-0.15, -0.1) is 11.3 Å². The van der Waals surface area contributed by atoms with E-state index in [0.29, 0.717) is 12.1 Å². The standard InChI is InChI=1S/C17H17NO2S/c1-12(17-8-5-9-21-17)18(2)10-15(19)14-11-20-16-7-4-3-6-13(14)16/h3-9,11-12H,10H2,1-2H3. The molecule has 3 nitrogen and oxygen atoms in total. The van der Waals surface area contributed by atoms with Crippen LogP contribution < -0.4 is 0 Å². The lowest BCUT2D eigenvalue weighted by atomic mass is 10.1. The number of fused-ring (bicyclic) bond motifs is 1. The summed E-state index contributed by atoms with van der Waals surface area (Å²) in [5, 5.41) is 2.95. The van der Waals surface area contributed by atoms with E-state index in [1.807, 2.05) is 37.4 Å². The molecule has 3 rings (SSSR count). The molecule has 0 saturated heterocycles. The summed E-state index contributed by atoms with van der Waals surface area (Å²) in [6.07, 6.45) is 1.57. The summed E-state index contributed by atoms with van der Waals surface area (Å²) in [4.78, 5) is 15.8. The minimum atomic E-state index is 0.0888. The Morgan fingerprint density at radius 1 is 1.29 bits per heavy atom. The van der Waals surface area contributed by atoms with Gasteiger partial charge in [-0.1, -0.05) is 24.3 Å². The van der Waals surface area contributed by atoms with Gasteiger partial charge in [0.25, 0.3) is 0 Å². The summed E-state index contributed by atoms with van der Waals surface area (Å²) < 4.78 is 5.45. The fourth-order valence-corrected chi connectivity index (χ4v) is 3.24. The number of carbonyl (C=O) groups is 1. The fourth-order valence-electron chi connectivity index (χ4n) is 2.39. The van der Waals surface area contributed by atoms with Crippen LogP contribution in [0.2, 0.25) is 0 Å². The van der Waals surface area contributed by atoms with Crippen LogP contribution in [0.5, 0.6) is 0 Å². The van der Waals surface area contributed by atoms with Gasteiger partial charge in [0.15, 0.2) is 5.78 Å². The van der Waals surface area contributed by atoms with E-state index in [4.69, 9.17) is 4.42 Å². The second kappa shape index (κ2) is 5.84. The summed E-state index contributed by atoms with van der Waals surface area (Å²) in [7, 11) is 1.98. The topological polar surface area (TPSA) is 33.5 Å². The lowest BCUT2D eigenvalue weighted by molar-refractivity contribution is 0.0926. The predicted molar refractivity (Wildman–Crippen MR) is 85.9 cm³/mol. The van der Waals surface area contributed by atoms with Crippen LogP contribution in [0, 0.1) is 0 Å². The third-order valence-electron chi connectivity index (χ3n) is 3.79. The quantitative estimate of drug-likeness (QED) is 0.656. The van der Waals surface area contributed by atoms with Gasteiger partial charge in [-0.3, -0.25) is 9.69 Å². The van der Waals surface area contributed by atoms with Gasteiger partial charge in [0.2, 0.25) is 0 Å². The number of ketones is 1. The van der Waals surface area contributed by atoms with E-state index in [1.165, 1.54) is 4.88 Å². The van der Waals surface area contributed by atoms with Crippen molar-refractivity contribution in [1.29, 1.82) is 0 Å². The number of furan rings is 1. The van der Waals surface area contributed by atoms with Crippen LogP contribution >= 0.6 is 11.3 Å². The van der Waals surface area contributed by atoms with Crippen molar-refractivity contribution in [3.63, 3.8) is 0 Å². The first-order chi connectivity index (χ1) is 10.2. The molecule has 3 aromatic rings. The molecule has 4 heteroatoms. The Kier molecular flexibility index (Phi) is 3.90. The highest BCUT2D eigenvalue weighted by Crippen LogP contribution is 2.25. The lowest BCUT2D eigenvalue weighted by Gasteiger charge is -2.22. The molecule has 0 spiro atoms. The summed E-state index contributed by atoms with van der Waals surface area (Å²) in [5.74, 6) is 0.0888. The summed E-state index contributed by atoms with van der Waals surface area (Å²) in [6.45, 7) is 2.50. The molecular weight excluding hydrogens is 282 g/mol. The first kappa shape index (κ1) is 14.0. The average Bonchev–Trinajstić information content (AvgIpc) is 3.15. The van der Waals surface area contributed by atoms with E-state index >= 15 is 0 Å². The van der Waals surface area contributed by atoms with E-state index in [9.17, 15) is 4.79 Å². The van der Waals surface area contributed by atoms with Crippen LogP contribution in [-0.2, 0) is 0 Å². The second-order valence-corrected chi connectivity index (χ2v) is 6.15. The number of carbonyl (C=O) groups excluding carboxylic acids is 1.